The summed E-state index contributed by atoms with van der Waals surface area (Å²) < 4.78 is 37.8. The standard InChI is InChI=1S/C28H40N3.C8H5F3O2S.Eu/c1-29(2,3)25-16-10-22(11-17-25)28(23-12-18-26(19-13-23)30(4,5)6)24-14-20-27(21-15-24)31(7,8)9;9-8(10,11)7(13)4-5(12)6-2-1-3-14-6;/h10-21,28H,1-9H3;1-4,13H;/q+3;;. The molecular weight excluding hydrogens is 747 g/mol. The van der Waals surface area contributed by atoms with E-state index in [1.807, 2.05) is 0 Å². The molecule has 0 saturated carbocycles. The summed E-state index contributed by atoms with van der Waals surface area (Å²) in [6.45, 7) is 0. The monoisotopic (exact) mass is 793 g/mol. The van der Waals surface area contributed by atoms with Crippen LogP contribution >= 0.6 is 11.3 Å². The van der Waals surface area contributed by atoms with E-state index in [1.54, 1.807) is 5.38 Å². The smallest absolute Gasteiger partial charge is 0.448 e. The van der Waals surface area contributed by atoms with Gasteiger partial charge in [-0.05, 0) is 64.5 Å². The average molecular weight is 793 g/mol. The zero-order chi connectivity index (χ0) is 33.8. The van der Waals surface area contributed by atoms with Crippen LogP contribution in [0.25, 0.3) is 0 Å². The van der Waals surface area contributed by atoms with Gasteiger partial charge in [0, 0.05) is 61.4 Å². The molecule has 46 heavy (non-hydrogen) atoms. The van der Waals surface area contributed by atoms with Crippen molar-refractivity contribution in [2.45, 2.75) is 12.1 Å². The molecule has 1 aromatic heterocycles. The maximum Gasteiger partial charge on any atom is 0.448 e. The third kappa shape index (κ3) is 11.2. The van der Waals surface area contributed by atoms with Crippen molar-refractivity contribution in [3.63, 3.8) is 0 Å². The van der Waals surface area contributed by atoms with Gasteiger partial charge in [-0.1, -0.05) is 42.5 Å². The molecule has 4 rings (SSSR count). The molecule has 10 heteroatoms. The predicted octanol–water partition coefficient (Wildman–Crippen LogP) is 8.39. The van der Waals surface area contributed by atoms with Gasteiger partial charge in [0.05, 0.1) is 68.3 Å². The van der Waals surface area contributed by atoms with E-state index in [9.17, 15) is 18.0 Å². The van der Waals surface area contributed by atoms with Gasteiger partial charge in [0.25, 0.3) is 0 Å². The number of aliphatic hydroxyl groups is 1. The molecule has 1 N–H and O–H groups in total. The van der Waals surface area contributed by atoms with Crippen LogP contribution in [0.2, 0.25) is 0 Å². The van der Waals surface area contributed by atoms with Gasteiger partial charge in [-0.15, -0.1) is 11.3 Å². The second-order valence-electron chi connectivity index (χ2n) is 13.6. The average Bonchev–Trinajstić information content (AvgIpc) is 3.48. The summed E-state index contributed by atoms with van der Waals surface area (Å²) in [4.78, 5) is 11.2. The summed E-state index contributed by atoms with van der Waals surface area (Å²) in [6.07, 6.45) is -4.70. The summed E-state index contributed by atoms with van der Waals surface area (Å²) in [5, 5.41) is 10.0. The van der Waals surface area contributed by atoms with E-state index < -0.39 is 17.7 Å². The number of quaternary nitrogens is 3. The zero-order valence-electron chi connectivity index (χ0n) is 27.9. The number of alkyl halides is 3. The Balaban J connectivity index is 0.000000413. The quantitative estimate of drug-likeness (QED) is 0.0641. The molecule has 0 spiro atoms. The van der Waals surface area contributed by atoms with Crippen molar-refractivity contribution in [1.29, 1.82) is 0 Å². The van der Waals surface area contributed by atoms with Gasteiger partial charge in [-0.2, -0.15) is 13.2 Å². The second kappa shape index (κ2) is 15.8. The van der Waals surface area contributed by atoms with E-state index >= 15 is 0 Å². The van der Waals surface area contributed by atoms with Crippen molar-refractivity contribution < 1.29 is 72.4 Å². The number of hydrogen-bond acceptors (Lipinski definition) is 3. The Bertz CT molecular complexity index is 1440. The number of rotatable bonds is 8. The fourth-order valence-electron chi connectivity index (χ4n) is 4.62. The Labute approximate surface area is 316 Å². The van der Waals surface area contributed by atoms with Crippen LogP contribution in [0, 0.1) is 49.4 Å². The number of benzene rings is 3. The molecule has 0 aliphatic carbocycles. The van der Waals surface area contributed by atoms with Gasteiger partial charge >= 0.3 is 6.18 Å². The molecular formula is C36H45EuF3N3O2S+3. The minimum atomic E-state index is -4.87. The van der Waals surface area contributed by atoms with Crippen molar-refractivity contribution in [1.82, 2.24) is 13.4 Å². The molecule has 0 saturated heterocycles. The largest absolute Gasteiger partial charge is 0.504 e. The molecule has 3 aromatic carbocycles. The van der Waals surface area contributed by atoms with E-state index in [4.69, 9.17) is 5.11 Å². The minimum absolute atomic E-state index is 0. The number of ketones is 1. The number of hydrogen-bond donors (Lipinski definition) is 1. The fourth-order valence-corrected chi connectivity index (χ4v) is 5.25. The van der Waals surface area contributed by atoms with Crippen molar-refractivity contribution >= 4 is 34.2 Å². The van der Waals surface area contributed by atoms with E-state index in [-0.39, 0.29) is 66.2 Å². The fraction of sp³-hybridized carbons (Fsp3) is 0.306. The topological polar surface area (TPSA) is 37.3 Å². The molecule has 0 atom stereocenters. The molecule has 1 heterocycles. The Morgan fingerprint density at radius 2 is 0.978 bits per heavy atom. The normalized spacial score (nSPS) is 12.7. The number of halogens is 3. The summed E-state index contributed by atoms with van der Waals surface area (Å²) in [5.74, 6) is -2.52. The van der Waals surface area contributed by atoms with E-state index in [2.05, 4.69) is 136 Å². The molecule has 0 fully saturated rings. The van der Waals surface area contributed by atoms with Crippen LogP contribution in [-0.4, -0.2) is 80.5 Å². The molecule has 0 aliphatic rings. The Morgan fingerprint density at radius 3 is 1.22 bits per heavy atom. The van der Waals surface area contributed by atoms with Crippen molar-refractivity contribution in [3.05, 3.63) is 124 Å². The van der Waals surface area contributed by atoms with Crippen LogP contribution in [0.4, 0.5) is 30.2 Å². The first kappa shape index (κ1) is 40.0. The second-order valence-corrected chi connectivity index (χ2v) is 14.6. The Hall–Kier alpha value is -2.18. The summed E-state index contributed by atoms with van der Waals surface area (Å²) in [6, 6.07) is 30.3. The molecule has 1 radical (unpaired) electrons. The van der Waals surface area contributed by atoms with Crippen molar-refractivity contribution in [2.24, 2.45) is 0 Å². The van der Waals surface area contributed by atoms with Crippen LogP contribution in [0.5, 0.6) is 0 Å². The van der Waals surface area contributed by atoms with E-state index in [0.29, 0.717) is 0 Å². The number of nitrogens with zero attached hydrogens (tertiary/aromatic N) is 3. The third-order valence-corrected chi connectivity index (χ3v) is 8.21. The first-order valence-corrected chi connectivity index (χ1v) is 15.4. The Kier molecular flexibility index (Phi) is 13.8. The van der Waals surface area contributed by atoms with Gasteiger partial charge in [0.2, 0.25) is 5.76 Å². The number of carbonyl (C=O) groups excluding carboxylic acids is 1. The first-order valence-electron chi connectivity index (χ1n) is 14.5. The van der Waals surface area contributed by atoms with Crippen LogP contribution in [0.15, 0.2) is 102 Å². The zero-order valence-corrected chi connectivity index (χ0v) is 31.2. The summed E-state index contributed by atoms with van der Waals surface area (Å²) >= 11 is 1.01. The molecule has 247 valence electrons. The van der Waals surface area contributed by atoms with Crippen LogP contribution < -0.4 is 13.4 Å². The van der Waals surface area contributed by atoms with E-state index in [0.717, 1.165) is 24.8 Å². The van der Waals surface area contributed by atoms with Gasteiger partial charge < -0.3 is 5.11 Å². The number of allylic oxidation sites excluding steroid dienone is 2. The number of aliphatic hydroxyl groups excluding tert-OH is 1. The molecule has 0 unspecified atom stereocenters. The van der Waals surface area contributed by atoms with Crippen LogP contribution in [-0.2, 0) is 0 Å². The predicted molar refractivity (Wildman–Crippen MR) is 184 cm³/mol. The molecule has 4 aromatic rings. The van der Waals surface area contributed by atoms with Gasteiger partial charge in [0.1, 0.15) is 17.1 Å². The number of thiophene rings is 1. The Morgan fingerprint density at radius 1 is 0.652 bits per heavy atom. The maximum absolute atomic E-state index is 11.8. The van der Waals surface area contributed by atoms with E-state index in [1.165, 1.54) is 45.9 Å². The first-order chi connectivity index (χ1) is 20.7. The van der Waals surface area contributed by atoms with Crippen LogP contribution in [0.3, 0.4) is 0 Å². The number of carbonyl (C=O) groups is 1. The van der Waals surface area contributed by atoms with Gasteiger partial charge in [0.15, 0.2) is 5.78 Å². The summed E-state index contributed by atoms with van der Waals surface area (Å²) in [7, 11) is 19.9. The molecule has 0 bridgehead atoms. The molecule has 5 nitrogen and oxygen atoms in total. The van der Waals surface area contributed by atoms with Gasteiger partial charge in [-0.3, -0.25) is 18.2 Å². The minimum Gasteiger partial charge on any atom is -0.504 e. The SMILES string of the molecule is C[N+](C)(C)c1ccc(C(c2ccc([N+](C)(C)C)cc2)c2ccc([N+](C)(C)C)cc2)cc1.O=C(C=C(O)C(F)(F)F)c1cccs1.[Eu]. The summed E-state index contributed by atoms with van der Waals surface area (Å²) in [5.41, 5.74) is 7.91. The maximum atomic E-state index is 11.8. The van der Waals surface area contributed by atoms with Gasteiger partial charge in [-0.25, -0.2) is 0 Å². The van der Waals surface area contributed by atoms with Crippen molar-refractivity contribution in [2.75, 3.05) is 63.4 Å². The van der Waals surface area contributed by atoms with Crippen molar-refractivity contribution in [3.8, 4) is 0 Å². The van der Waals surface area contributed by atoms with Crippen LogP contribution in [0.1, 0.15) is 32.3 Å². The molecule has 0 amide bonds. The molecule has 0 aliphatic heterocycles. The third-order valence-electron chi connectivity index (χ3n) is 7.33.